The van der Waals surface area contributed by atoms with E-state index >= 15 is 0 Å². The molecular formula is C16H15ClF2N2O5. The predicted molar refractivity (Wildman–Crippen MR) is 86.9 cm³/mol. The lowest BCUT2D eigenvalue weighted by Gasteiger charge is -2.16. The van der Waals surface area contributed by atoms with Crippen LogP contribution in [0.1, 0.15) is 18.2 Å². The Hall–Kier alpha value is -2.07. The minimum Gasteiger partial charge on any atom is -0.394 e. The van der Waals surface area contributed by atoms with Gasteiger partial charge in [0, 0.05) is 17.0 Å². The van der Waals surface area contributed by atoms with Crippen molar-refractivity contribution < 1.29 is 23.4 Å². The van der Waals surface area contributed by atoms with Crippen LogP contribution in [0.4, 0.5) is 8.78 Å². The third-order valence-corrected chi connectivity index (χ3v) is 4.30. The van der Waals surface area contributed by atoms with Crippen LogP contribution in [0, 0.1) is 11.6 Å². The summed E-state index contributed by atoms with van der Waals surface area (Å²) in [5, 5.41) is 9.69. The average Bonchev–Trinajstić information content (AvgIpc) is 3.00. The third-order valence-electron chi connectivity index (χ3n) is 4.06. The molecule has 26 heavy (non-hydrogen) atoms. The Morgan fingerprint density at radius 3 is 2.81 bits per heavy atom. The van der Waals surface area contributed by atoms with Crippen molar-refractivity contribution in [2.75, 3.05) is 6.61 Å². The minimum absolute atomic E-state index is 0.102. The number of ether oxygens (including phenoxy) is 2. The van der Waals surface area contributed by atoms with Gasteiger partial charge in [0.05, 0.1) is 25.5 Å². The Labute approximate surface area is 150 Å². The van der Waals surface area contributed by atoms with Gasteiger partial charge in [-0.15, -0.1) is 0 Å². The van der Waals surface area contributed by atoms with Crippen LogP contribution in [0.25, 0.3) is 0 Å². The van der Waals surface area contributed by atoms with Crippen LogP contribution < -0.4 is 11.2 Å². The summed E-state index contributed by atoms with van der Waals surface area (Å²) in [6.45, 7) is -0.514. The molecule has 140 valence electrons. The van der Waals surface area contributed by atoms with E-state index in [9.17, 15) is 23.5 Å². The van der Waals surface area contributed by atoms with Crippen molar-refractivity contribution in [2.24, 2.45) is 0 Å². The number of H-pyrrole nitrogens is 1. The third kappa shape index (κ3) is 3.85. The number of aromatic nitrogens is 2. The quantitative estimate of drug-likeness (QED) is 0.806. The number of hydrogen-bond donors (Lipinski definition) is 2. The van der Waals surface area contributed by atoms with Gasteiger partial charge in [0.2, 0.25) is 5.82 Å². The zero-order valence-electron chi connectivity index (χ0n) is 13.3. The summed E-state index contributed by atoms with van der Waals surface area (Å²) < 4.78 is 39.3. The molecule has 3 rings (SSSR count). The van der Waals surface area contributed by atoms with Crippen LogP contribution in [-0.4, -0.2) is 33.5 Å². The van der Waals surface area contributed by atoms with E-state index in [0.717, 1.165) is 16.8 Å². The van der Waals surface area contributed by atoms with Crippen molar-refractivity contribution in [3.05, 3.63) is 67.5 Å². The molecule has 0 bridgehead atoms. The van der Waals surface area contributed by atoms with E-state index in [-0.39, 0.29) is 23.6 Å². The Bertz CT molecular complexity index is 916. The molecule has 0 unspecified atom stereocenters. The SMILES string of the molecule is O=c1[nH]c(=O)n([C@H]2C[C@H](OCc3ccc(Cl)cc3F)[C@@H](CO)O2)cc1F. The Balaban J connectivity index is 1.74. The van der Waals surface area contributed by atoms with Crippen LogP contribution >= 0.6 is 11.6 Å². The van der Waals surface area contributed by atoms with E-state index in [4.69, 9.17) is 21.1 Å². The highest BCUT2D eigenvalue weighted by molar-refractivity contribution is 6.30. The highest BCUT2D eigenvalue weighted by Gasteiger charge is 2.37. The van der Waals surface area contributed by atoms with Crippen LogP contribution in [0.5, 0.6) is 0 Å². The van der Waals surface area contributed by atoms with Crippen molar-refractivity contribution in [1.82, 2.24) is 9.55 Å². The van der Waals surface area contributed by atoms with Crippen LogP contribution in [0.15, 0.2) is 34.0 Å². The van der Waals surface area contributed by atoms with Crippen LogP contribution in [0.3, 0.4) is 0 Å². The summed E-state index contributed by atoms with van der Waals surface area (Å²) in [6, 6.07) is 4.14. The van der Waals surface area contributed by atoms with Gasteiger partial charge in [0.25, 0.3) is 5.56 Å². The molecule has 2 aromatic rings. The maximum absolute atomic E-state index is 13.8. The second kappa shape index (κ2) is 7.67. The van der Waals surface area contributed by atoms with E-state index in [0.29, 0.717) is 0 Å². The van der Waals surface area contributed by atoms with E-state index in [1.165, 1.54) is 12.1 Å². The number of aliphatic hydroxyl groups excluding tert-OH is 1. The molecule has 3 atom stereocenters. The lowest BCUT2D eigenvalue weighted by atomic mass is 10.1. The molecule has 2 N–H and O–H groups in total. The number of nitrogens with one attached hydrogen (secondary N) is 1. The summed E-state index contributed by atoms with van der Waals surface area (Å²) in [5.41, 5.74) is -1.71. The summed E-state index contributed by atoms with van der Waals surface area (Å²) in [7, 11) is 0. The van der Waals surface area contributed by atoms with Crippen molar-refractivity contribution in [3.63, 3.8) is 0 Å². The zero-order valence-corrected chi connectivity index (χ0v) is 14.1. The first-order valence-corrected chi connectivity index (χ1v) is 8.09. The Morgan fingerprint density at radius 1 is 1.35 bits per heavy atom. The first kappa shape index (κ1) is 18.7. The molecule has 2 heterocycles. The number of halogens is 3. The number of nitrogens with zero attached hydrogens (tertiary/aromatic N) is 1. The summed E-state index contributed by atoms with van der Waals surface area (Å²) >= 11 is 5.69. The van der Waals surface area contributed by atoms with E-state index in [1.54, 1.807) is 0 Å². The average molecular weight is 389 g/mol. The molecule has 7 nitrogen and oxygen atoms in total. The van der Waals surface area contributed by atoms with Gasteiger partial charge in [0.1, 0.15) is 18.1 Å². The molecule has 1 aliphatic rings. The lowest BCUT2D eigenvalue weighted by Crippen LogP contribution is -2.34. The highest BCUT2D eigenvalue weighted by Crippen LogP contribution is 2.30. The number of aromatic amines is 1. The zero-order chi connectivity index (χ0) is 18.8. The summed E-state index contributed by atoms with van der Waals surface area (Å²) in [6.07, 6.45) is -1.56. The summed E-state index contributed by atoms with van der Waals surface area (Å²) in [5.74, 6) is -1.67. The minimum atomic E-state index is -1.14. The first-order valence-electron chi connectivity index (χ1n) is 7.72. The smallest absolute Gasteiger partial charge is 0.330 e. The molecule has 0 spiro atoms. The summed E-state index contributed by atoms with van der Waals surface area (Å²) in [4.78, 5) is 24.8. The maximum Gasteiger partial charge on any atom is 0.330 e. The van der Waals surface area contributed by atoms with Gasteiger partial charge in [-0.05, 0) is 12.1 Å². The normalized spacial score (nSPS) is 22.7. The second-order valence-electron chi connectivity index (χ2n) is 5.78. The maximum atomic E-state index is 13.8. The first-order chi connectivity index (χ1) is 12.4. The molecule has 0 radical (unpaired) electrons. The monoisotopic (exact) mass is 388 g/mol. The molecule has 0 saturated carbocycles. The molecule has 1 fully saturated rings. The largest absolute Gasteiger partial charge is 0.394 e. The molecule has 1 aromatic carbocycles. The molecule has 1 aromatic heterocycles. The molecule has 1 aliphatic heterocycles. The number of rotatable bonds is 5. The lowest BCUT2D eigenvalue weighted by molar-refractivity contribution is -0.0662. The number of benzene rings is 1. The standard InChI is InChI=1S/C16H15ClF2N2O5/c17-9-2-1-8(10(18)3-9)7-25-12-4-14(26-13(12)6-22)21-5-11(19)15(23)20-16(21)24/h1-3,5,12-14,22H,4,6-7H2,(H,20,23,24)/t12-,13+,14+/m0/s1. The van der Waals surface area contributed by atoms with Gasteiger partial charge in [-0.3, -0.25) is 14.3 Å². The van der Waals surface area contributed by atoms with Crippen molar-refractivity contribution in [3.8, 4) is 0 Å². The van der Waals surface area contributed by atoms with Crippen LogP contribution in [0.2, 0.25) is 5.02 Å². The molecule has 1 saturated heterocycles. The van der Waals surface area contributed by atoms with Gasteiger partial charge in [-0.25, -0.2) is 9.18 Å². The molecule has 0 amide bonds. The molecular weight excluding hydrogens is 374 g/mol. The Kier molecular flexibility index (Phi) is 5.52. The fraction of sp³-hybridized carbons (Fsp3) is 0.375. The number of hydrogen-bond acceptors (Lipinski definition) is 5. The van der Waals surface area contributed by atoms with Gasteiger partial charge in [-0.2, -0.15) is 4.39 Å². The van der Waals surface area contributed by atoms with E-state index in [2.05, 4.69) is 0 Å². The highest BCUT2D eigenvalue weighted by atomic mass is 35.5. The van der Waals surface area contributed by atoms with Crippen LogP contribution in [-0.2, 0) is 16.1 Å². The van der Waals surface area contributed by atoms with Crippen molar-refractivity contribution in [2.45, 2.75) is 31.5 Å². The van der Waals surface area contributed by atoms with Gasteiger partial charge in [-0.1, -0.05) is 17.7 Å². The second-order valence-corrected chi connectivity index (χ2v) is 6.21. The Morgan fingerprint density at radius 2 is 2.12 bits per heavy atom. The van der Waals surface area contributed by atoms with Gasteiger partial charge in [0.15, 0.2) is 0 Å². The van der Waals surface area contributed by atoms with Crippen molar-refractivity contribution in [1.29, 1.82) is 0 Å². The van der Waals surface area contributed by atoms with E-state index < -0.39 is 47.9 Å². The van der Waals surface area contributed by atoms with Gasteiger partial charge >= 0.3 is 5.69 Å². The van der Waals surface area contributed by atoms with Crippen molar-refractivity contribution >= 4 is 11.6 Å². The fourth-order valence-corrected chi connectivity index (χ4v) is 2.88. The molecule has 10 heteroatoms. The topological polar surface area (TPSA) is 93.6 Å². The van der Waals surface area contributed by atoms with E-state index in [1.807, 2.05) is 4.98 Å². The fourth-order valence-electron chi connectivity index (χ4n) is 2.72. The van der Waals surface area contributed by atoms with Gasteiger partial charge < -0.3 is 14.6 Å². The molecule has 0 aliphatic carbocycles. The number of aliphatic hydroxyl groups is 1. The predicted octanol–water partition coefficient (Wildman–Crippen LogP) is 1.33.